The lowest BCUT2D eigenvalue weighted by atomic mass is 9.75. The Hall–Kier alpha value is -0.380. The van der Waals surface area contributed by atoms with Gasteiger partial charge in [-0.3, -0.25) is 0 Å². The third kappa shape index (κ3) is 3.88. The maximum atomic E-state index is 3.89. The second-order valence-corrected chi connectivity index (χ2v) is 7.91. The average molecular weight is 351 g/mol. The van der Waals surface area contributed by atoms with E-state index in [4.69, 9.17) is 0 Å². The molecule has 1 N–H and O–H groups in total. The molecule has 1 saturated heterocycles. The van der Waals surface area contributed by atoms with E-state index in [1.165, 1.54) is 48.8 Å². The van der Waals surface area contributed by atoms with Crippen molar-refractivity contribution in [1.82, 2.24) is 10.2 Å². The van der Waals surface area contributed by atoms with Crippen LogP contribution in [0.5, 0.6) is 0 Å². The van der Waals surface area contributed by atoms with Crippen LogP contribution in [0.1, 0.15) is 51.0 Å². The first-order valence-electron chi connectivity index (χ1n) is 8.37. The van der Waals surface area contributed by atoms with Gasteiger partial charge in [-0.25, -0.2) is 0 Å². The Balaban J connectivity index is 1.41. The predicted octanol–water partition coefficient (Wildman–Crippen LogP) is 4.16. The minimum atomic E-state index is 0.704. The van der Waals surface area contributed by atoms with Crippen molar-refractivity contribution in [3.63, 3.8) is 0 Å². The molecule has 1 saturated carbocycles. The van der Waals surface area contributed by atoms with Crippen molar-refractivity contribution >= 4 is 15.9 Å². The summed E-state index contributed by atoms with van der Waals surface area (Å²) >= 11 is 3.58. The predicted molar refractivity (Wildman–Crippen MR) is 92.8 cm³/mol. The summed E-state index contributed by atoms with van der Waals surface area (Å²) < 4.78 is 1.21. The van der Waals surface area contributed by atoms with Crippen molar-refractivity contribution in [1.29, 1.82) is 0 Å². The third-order valence-corrected chi connectivity index (χ3v) is 5.68. The zero-order valence-corrected chi connectivity index (χ0v) is 14.8. The van der Waals surface area contributed by atoms with Gasteiger partial charge >= 0.3 is 0 Å². The van der Waals surface area contributed by atoms with Crippen LogP contribution in [0.25, 0.3) is 0 Å². The van der Waals surface area contributed by atoms with Crippen LogP contribution in [0.15, 0.2) is 28.7 Å². The van der Waals surface area contributed by atoms with Gasteiger partial charge in [-0.05, 0) is 76.2 Å². The Labute approximate surface area is 137 Å². The van der Waals surface area contributed by atoms with Crippen LogP contribution in [-0.2, 0) is 0 Å². The normalized spacial score (nSPS) is 27.8. The Bertz CT molecular complexity index is 460. The summed E-state index contributed by atoms with van der Waals surface area (Å²) in [6.45, 7) is 7.14. The van der Waals surface area contributed by atoms with E-state index in [0.717, 1.165) is 18.0 Å². The molecule has 0 unspecified atom stereocenters. The van der Waals surface area contributed by atoms with Gasteiger partial charge < -0.3 is 10.2 Å². The maximum Gasteiger partial charge on any atom is 0.0178 e. The number of hydrogen-bond donors (Lipinski definition) is 1. The van der Waals surface area contributed by atoms with Gasteiger partial charge in [0, 0.05) is 22.6 Å². The Morgan fingerprint density at radius 1 is 1.14 bits per heavy atom. The molecule has 1 heterocycles. The van der Waals surface area contributed by atoms with Crippen LogP contribution in [0, 0.1) is 0 Å². The van der Waals surface area contributed by atoms with Gasteiger partial charge in [0.15, 0.2) is 0 Å². The molecule has 0 aromatic heterocycles. The summed E-state index contributed by atoms with van der Waals surface area (Å²) in [6.07, 6.45) is 5.24. The van der Waals surface area contributed by atoms with E-state index in [1.807, 2.05) is 0 Å². The zero-order valence-electron chi connectivity index (χ0n) is 13.2. The Morgan fingerprint density at radius 2 is 1.86 bits per heavy atom. The summed E-state index contributed by atoms with van der Waals surface area (Å²) in [5.74, 6) is 0.760. The summed E-state index contributed by atoms with van der Waals surface area (Å²) in [7, 11) is 0. The first-order valence-corrected chi connectivity index (χ1v) is 9.16. The fourth-order valence-electron chi connectivity index (χ4n) is 3.70. The molecule has 0 amide bonds. The molecule has 1 aromatic carbocycles. The van der Waals surface area contributed by atoms with Crippen molar-refractivity contribution in [3.05, 3.63) is 34.3 Å². The van der Waals surface area contributed by atoms with Crippen LogP contribution < -0.4 is 5.32 Å². The van der Waals surface area contributed by atoms with Gasteiger partial charge in [-0.2, -0.15) is 0 Å². The number of rotatable bonds is 4. The van der Waals surface area contributed by atoms with Crippen molar-refractivity contribution in [2.75, 3.05) is 13.1 Å². The zero-order chi connectivity index (χ0) is 14.8. The molecule has 2 nitrogen and oxygen atoms in total. The topological polar surface area (TPSA) is 15.3 Å². The number of benzene rings is 1. The molecule has 21 heavy (non-hydrogen) atoms. The molecule has 116 valence electrons. The fraction of sp³-hybridized carbons (Fsp3) is 0.667. The van der Waals surface area contributed by atoms with Crippen LogP contribution >= 0.6 is 15.9 Å². The van der Waals surface area contributed by atoms with Gasteiger partial charge in [0.25, 0.3) is 0 Å². The molecule has 1 aliphatic heterocycles. The van der Waals surface area contributed by atoms with Crippen LogP contribution in [-0.4, -0.2) is 36.1 Å². The number of nitrogens with zero attached hydrogens (tertiary/aromatic N) is 1. The number of likely N-dealkylation sites (tertiary alicyclic amines) is 1. The monoisotopic (exact) mass is 350 g/mol. The molecule has 0 radical (unpaired) electrons. The van der Waals surface area contributed by atoms with E-state index < -0.39 is 0 Å². The second kappa shape index (κ2) is 6.80. The average Bonchev–Trinajstić information content (AvgIpc) is 2.43. The lowest BCUT2D eigenvalue weighted by Crippen LogP contribution is -2.50. The van der Waals surface area contributed by atoms with Crippen molar-refractivity contribution < 1.29 is 0 Å². The van der Waals surface area contributed by atoms with Gasteiger partial charge in [0.2, 0.25) is 0 Å². The molecule has 0 spiro atoms. The first kappa shape index (κ1) is 15.5. The lowest BCUT2D eigenvalue weighted by molar-refractivity contribution is 0.144. The first-order chi connectivity index (χ1) is 10.1. The summed E-state index contributed by atoms with van der Waals surface area (Å²) in [6, 6.07) is 11.0. The molecule has 1 aliphatic carbocycles. The SMILES string of the molecule is CC(C)N1CCC(NC2CC(c3cccc(Br)c3)C2)CC1. The van der Waals surface area contributed by atoms with Crippen molar-refractivity contribution in [2.45, 2.75) is 63.6 Å². The van der Waals surface area contributed by atoms with E-state index in [9.17, 15) is 0 Å². The summed E-state index contributed by atoms with van der Waals surface area (Å²) in [4.78, 5) is 2.60. The van der Waals surface area contributed by atoms with E-state index in [-0.39, 0.29) is 0 Å². The minimum absolute atomic E-state index is 0.704. The highest BCUT2D eigenvalue weighted by atomic mass is 79.9. The highest BCUT2D eigenvalue weighted by Gasteiger charge is 2.32. The van der Waals surface area contributed by atoms with Crippen molar-refractivity contribution in [2.24, 2.45) is 0 Å². The van der Waals surface area contributed by atoms with Gasteiger partial charge in [-0.1, -0.05) is 28.1 Å². The molecule has 3 heteroatoms. The largest absolute Gasteiger partial charge is 0.311 e. The number of nitrogens with one attached hydrogen (secondary N) is 1. The number of halogens is 1. The van der Waals surface area contributed by atoms with Crippen molar-refractivity contribution in [3.8, 4) is 0 Å². The third-order valence-electron chi connectivity index (χ3n) is 5.19. The van der Waals surface area contributed by atoms with Gasteiger partial charge in [-0.15, -0.1) is 0 Å². The van der Waals surface area contributed by atoms with E-state index in [2.05, 4.69) is 64.3 Å². The van der Waals surface area contributed by atoms with E-state index >= 15 is 0 Å². The minimum Gasteiger partial charge on any atom is -0.311 e. The molecule has 3 rings (SSSR count). The second-order valence-electron chi connectivity index (χ2n) is 6.99. The molecule has 2 aliphatic rings. The Kier molecular flexibility index (Phi) is 5.03. The molecule has 2 fully saturated rings. The quantitative estimate of drug-likeness (QED) is 0.876. The number of piperidine rings is 1. The summed E-state index contributed by atoms with van der Waals surface area (Å²) in [5, 5.41) is 3.89. The van der Waals surface area contributed by atoms with Gasteiger partial charge in [0.1, 0.15) is 0 Å². The molecule has 0 atom stereocenters. The Morgan fingerprint density at radius 3 is 2.48 bits per heavy atom. The highest BCUT2D eigenvalue weighted by molar-refractivity contribution is 9.10. The smallest absolute Gasteiger partial charge is 0.0178 e. The standard InChI is InChI=1S/C18H27BrN2/c1-13(2)21-8-6-17(7-9-21)20-18-11-15(12-18)14-4-3-5-16(19)10-14/h3-5,10,13,15,17-18,20H,6-9,11-12H2,1-2H3. The van der Waals surface area contributed by atoms with E-state index in [0.29, 0.717) is 6.04 Å². The van der Waals surface area contributed by atoms with Crippen LogP contribution in [0.4, 0.5) is 0 Å². The maximum absolute atomic E-state index is 3.89. The molecule has 1 aromatic rings. The molecular formula is C18H27BrN2. The summed E-state index contributed by atoms with van der Waals surface area (Å²) in [5.41, 5.74) is 1.50. The fourth-order valence-corrected chi connectivity index (χ4v) is 4.12. The van der Waals surface area contributed by atoms with Crippen LogP contribution in [0.3, 0.4) is 0 Å². The van der Waals surface area contributed by atoms with Gasteiger partial charge in [0.05, 0.1) is 0 Å². The van der Waals surface area contributed by atoms with Crippen LogP contribution in [0.2, 0.25) is 0 Å². The highest BCUT2D eigenvalue weighted by Crippen LogP contribution is 2.38. The van der Waals surface area contributed by atoms with E-state index in [1.54, 1.807) is 0 Å². The molecule has 0 bridgehead atoms. The number of hydrogen-bond acceptors (Lipinski definition) is 2. The molecular weight excluding hydrogens is 324 g/mol. The lowest BCUT2D eigenvalue weighted by Gasteiger charge is -2.42.